The van der Waals surface area contributed by atoms with Gasteiger partial charge in [-0.05, 0) is 30.5 Å². The third-order valence-corrected chi connectivity index (χ3v) is 3.34. The number of ether oxygens (including phenoxy) is 1. The molecular formula is C14H20FNO. The van der Waals surface area contributed by atoms with Crippen molar-refractivity contribution in [2.45, 2.75) is 44.3 Å². The first-order chi connectivity index (χ1) is 8.29. The van der Waals surface area contributed by atoms with Crippen LogP contribution in [0, 0.1) is 5.82 Å². The Morgan fingerprint density at radius 1 is 1.29 bits per heavy atom. The van der Waals surface area contributed by atoms with Gasteiger partial charge in [-0.1, -0.05) is 31.4 Å². The zero-order valence-electron chi connectivity index (χ0n) is 10.1. The van der Waals surface area contributed by atoms with E-state index in [1.54, 1.807) is 6.07 Å². The molecule has 0 aromatic heterocycles. The molecule has 1 aliphatic carbocycles. The second-order valence-corrected chi connectivity index (χ2v) is 4.68. The Morgan fingerprint density at radius 3 is 2.71 bits per heavy atom. The lowest BCUT2D eigenvalue weighted by molar-refractivity contribution is -0.0270. The summed E-state index contributed by atoms with van der Waals surface area (Å²) in [6, 6.07) is 6.54. The molecule has 0 aliphatic heterocycles. The molecule has 0 amide bonds. The first-order valence-electron chi connectivity index (χ1n) is 6.40. The fourth-order valence-electron chi connectivity index (χ4n) is 2.41. The Morgan fingerprint density at radius 2 is 2.06 bits per heavy atom. The third kappa shape index (κ3) is 3.51. The van der Waals surface area contributed by atoms with Gasteiger partial charge in [0.1, 0.15) is 5.82 Å². The fourth-order valence-corrected chi connectivity index (χ4v) is 2.41. The predicted molar refractivity (Wildman–Crippen MR) is 66.2 cm³/mol. The number of hydrogen-bond donors (Lipinski definition) is 1. The number of rotatable bonds is 4. The zero-order chi connectivity index (χ0) is 12.1. The van der Waals surface area contributed by atoms with E-state index in [2.05, 4.69) is 0 Å². The SMILES string of the molecule is NCC(OC1CCCCC1)c1cccc(F)c1. The molecule has 1 saturated carbocycles. The number of benzene rings is 1. The quantitative estimate of drug-likeness (QED) is 0.873. The Bertz CT molecular complexity index is 350. The van der Waals surface area contributed by atoms with E-state index in [-0.39, 0.29) is 11.9 Å². The van der Waals surface area contributed by atoms with Crippen molar-refractivity contribution in [1.82, 2.24) is 0 Å². The Balaban J connectivity index is 2.00. The molecule has 0 radical (unpaired) electrons. The largest absolute Gasteiger partial charge is 0.369 e. The van der Waals surface area contributed by atoms with Crippen LogP contribution in [0.15, 0.2) is 24.3 Å². The van der Waals surface area contributed by atoms with Gasteiger partial charge in [0.2, 0.25) is 0 Å². The van der Waals surface area contributed by atoms with Gasteiger partial charge < -0.3 is 10.5 Å². The van der Waals surface area contributed by atoms with Gasteiger partial charge in [0.15, 0.2) is 0 Å². The molecule has 1 atom stereocenters. The highest BCUT2D eigenvalue weighted by atomic mass is 19.1. The molecule has 0 bridgehead atoms. The zero-order valence-corrected chi connectivity index (χ0v) is 10.1. The van der Waals surface area contributed by atoms with Gasteiger partial charge in [-0.3, -0.25) is 0 Å². The summed E-state index contributed by atoms with van der Waals surface area (Å²) in [5, 5.41) is 0. The summed E-state index contributed by atoms with van der Waals surface area (Å²) in [6.45, 7) is 0.403. The summed E-state index contributed by atoms with van der Waals surface area (Å²) in [6.07, 6.45) is 6.08. The molecule has 3 heteroatoms. The van der Waals surface area contributed by atoms with E-state index in [4.69, 9.17) is 10.5 Å². The van der Waals surface area contributed by atoms with E-state index >= 15 is 0 Å². The molecule has 1 aromatic carbocycles. The molecule has 0 heterocycles. The molecule has 2 nitrogen and oxygen atoms in total. The highest BCUT2D eigenvalue weighted by Crippen LogP contribution is 2.26. The maximum absolute atomic E-state index is 13.1. The Hall–Kier alpha value is -0.930. The maximum atomic E-state index is 13.1. The van der Waals surface area contributed by atoms with Crippen molar-refractivity contribution in [3.63, 3.8) is 0 Å². The second-order valence-electron chi connectivity index (χ2n) is 4.68. The standard InChI is InChI=1S/C14H20FNO/c15-12-6-4-5-11(9-12)14(10-16)17-13-7-2-1-3-8-13/h4-6,9,13-14H,1-3,7-8,10,16H2. The van der Waals surface area contributed by atoms with Crippen molar-refractivity contribution < 1.29 is 9.13 Å². The summed E-state index contributed by atoms with van der Waals surface area (Å²) >= 11 is 0. The number of hydrogen-bond acceptors (Lipinski definition) is 2. The summed E-state index contributed by atoms with van der Waals surface area (Å²) in [7, 11) is 0. The molecule has 2 rings (SSSR count). The normalized spacial score (nSPS) is 19.2. The Kier molecular flexibility index (Phi) is 4.51. The van der Waals surface area contributed by atoms with Crippen LogP contribution in [0.2, 0.25) is 0 Å². The molecule has 1 aliphatic rings. The molecule has 1 unspecified atom stereocenters. The highest BCUT2D eigenvalue weighted by Gasteiger charge is 2.19. The highest BCUT2D eigenvalue weighted by molar-refractivity contribution is 5.19. The van der Waals surface area contributed by atoms with Crippen molar-refractivity contribution in [2.24, 2.45) is 5.73 Å². The van der Waals surface area contributed by atoms with Crippen molar-refractivity contribution in [3.05, 3.63) is 35.6 Å². The molecule has 94 valence electrons. The first-order valence-corrected chi connectivity index (χ1v) is 6.40. The van der Waals surface area contributed by atoms with E-state index in [0.29, 0.717) is 12.6 Å². The summed E-state index contributed by atoms with van der Waals surface area (Å²) in [5.41, 5.74) is 6.57. The van der Waals surface area contributed by atoms with Crippen LogP contribution in [0.1, 0.15) is 43.8 Å². The van der Waals surface area contributed by atoms with E-state index < -0.39 is 0 Å². The van der Waals surface area contributed by atoms with Crippen LogP contribution < -0.4 is 5.73 Å². The smallest absolute Gasteiger partial charge is 0.123 e. The number of nitrogens with two attached hydrogens (primary N) is 1. The lowest BCUT2D eigenvalue weighted by atomic mass is 9.97. The van der Waals surface area contributed by atoms with Crippen molar-refractivity contribution >= 4 is 0 Å². The fraction of sp³-hybridized carbons (Fsp3) is 0.571. The third-order valence-electron chi connectivity index (χ3n) is 3.34. The van der Waals surface area contributed by atoms with Crippen LogP contribution in [0.5, 0.6) is 0 Å². The summed E-state index contributed by atoms with van der Waals surface area (Å²) in [4.78, 5) is 0. The average Bonchev–Trinajstić information content (AvgIpc) is 2.37. The average molecular weight is 237 g/mol. The minimum absolute atomic E-state index is 0.172. The van der Waals surface area contributed by atoms with Gasteiger partial charge in [0.25, 0.3) is 0 Å². The molecule has 17 heavy (non-hydrogen) atoms. The number of halogens is 1. The molecule has 1 aromatic rings. The van der Waals surface area contributed by atoms with Crippen LogP contribution in [-0.2, 0) is 4.74 Å². The van der Waals surface area contributed by atoms with Crippen molar-refractivity contribution in [2.75, 3.05) is 6.54 Å². The Labute approximate surface area is 102 Å². The van der Waals surface area contributed by atoms with Gasteiger partial charge in [-0.25, -0.2) is 4.39 Å². The summed E-state index contributed by atoms with van der Waals surface area (Å²) in [5.74, 6) is -0.229. The van der Waals surface area contributed by atoms with Gasteiger partial charge in [0, 0.05) is 6.54 Å². The molecule has 1 fully saturated rings. The maximum Gasteiger partial charge on any atom is 0.123 e. The predicted octanol–water partition coefficient (Wildman–Crippen LogP) is 3.17. The van der Waals surface area contributed by atoms with Crippen LogP contribution >= 0.6 is 0 Å². The molecule has 0 spiro atoms. The van der Waals surface area contributed by atoms with E-state index in [1.165, 1.54) is 31.4 Å². The van der Waals surface area contributed by atoms with Crippen LogP contribution in [0.25, 0.3) is 0 Å². The van der Waals surface area contributed by atoms with Crippen LogP contribution in [0.4, 0.5) is 4.39 Å². The van der Waals surface area contributed by atoms with Crippen LogP contribution in [-0.4, -0.2) is 12.6 Å². The van der Waals surface area contributed by atoms with Gasteiger partial charge in [0.05, 0.1) is 12.2 Å². The van der Waals surface area contributed by atoms with Crippen LogP contribution in [0.3, 0.4) is 0 Å². The molecular weight excluding hydrogens is 217 g/mol. The van der Waals surface area contributed by atoms with E-state index in [1.807, 2.05) is 6.07 Å². The van der Waals surface area contributed by atoms with Gasteiger partial charge in [-0.15, -0.1) is 0 Å². The van der Waals surface area contributed by atoms with E-state index in [0.717, 1.165) is 18.4 Å². The minimum Gasteiger partial charge on any atom is -0.369 e. The van der Waals surface area contributed by atoms with Gasteiger partial charge >= 0.3 is 0 Å². The van der Waals surface area contributed by atoms with E-state index in [9.17, 15) is 4.39 Å². The van der Waals surface area contributed by atoms with Gasteiger partial charge in [-0.2, -0.15) is 0 Å². The second kappa shape index (κ2) is 6.12. The first kappa shape index (κ1) is 12.5. The minimum atomic E-state index is -0.229. The van der Waals surface area contributed by atoms with Crippen molar-refractivity contribution in [3.8, 4) is 0 Å². The lowest BCUT2D eigenvalue weighted by Gasteiger charge is -2.27. The molecule has 0 saturated heterocycles. The topological polar surface area (TPSA) is 35.2 Å². The summed E-state index contributed by atoms with van der Waals surface area (Å²) < 4.78 is 19.1. The monoisotopic (exact) mass is 237 g/mol. The van der Waals surface area contributed by atoms with Crippen molar-refractivity contribution in [1.29, 1.82) is 0 Å². The molecule has 2 N–H and O–H groups in total. The lowest BCUT2D eigenvalue weighted by Crippen LogP contribution is -2.24.